The van der Waals surface area contributed by atoms with Gasteiger partial charge < -0.3 is 89.9 Å². The Morgan fingerprint density at radius 2 is 0.729 bits per heavy atom. The van der Waals surface area contributed by atoms with Crippen molar-refractivity contribution in [1.29, 1.82) is 0 Å². The Hall–Kier alpha value is -1.47. The molecule has 0 aromatic rings. The number of carbonyl (C=O) groups excluding carboxylic acids is 1. The fourth-order valence-corrected chi connectivity index (χ4v) is 12.0. The summed E-state index contributed by atoms with van der Waals surface area (Å²) < 4.78 is 34.3. The highest BCUT2D eigenvalue weighted by Gasteiger charge is 2.53. The van der Waals surface area contributed by atoms with Gasteiger partial charge in [0.05, 0.1) is 38.6 Å². The molecule has 17 unspecified atom stereocenters. The van der Waals surface area contributed by atoms with Crippen molar-refractivity contribution in [2.45, 2.75) is 375 Å². The molecule has 3 aliphatic heterocycles. The Labute approximate surface area is 512 Å². The van der Waals surface area contributed by atoms with Gasteiger partial charge >= 0.3 is 0 Å². The van der Waals surface area contributed by atoms with Gasteiger partial charge in [0.15, 0.2) is 18.9 Å². The van der Waals surface area contributed by atoms with E-state index in [4.69, 9.17) is 28.4 Å². The van der Waals surface area contributed by atoms with Gasteiger partial charge in [0.25, 0.3) is 0 Å². The molecule has 17 atom stereocenters. The number of carbonyl (C=O) groups is 1. The summed E-state index contributed by atoms with van der Waals surface area (Å²) in [5.74, 6) is -0.270. The molecule has 19 heteroatoms. The van der Waals surface area contributed by atoms with Crippen molar-refractivity contribution >= 4 is 5.91 Å². The summed E-state index contributed by atoms with van der Waals surface area (Å²) in [5, 5.41) is 120. The largest absolute Gasteiger partial charge is 0.394 e. The van der Waals surface area contributed by atoms with Crippen LogP contribution >= 0.6 is 0 Å². The zero-order chi connectivity index (χ0) is 61.9. The van der Waals surface area contributed by atoms with Gasteiger partial charge in [0, 0.05) is 6.42 Å². The number of aliphatic hydroxyl groups excluding tert-OH is 11. The SMILES string of the molecule is CCCCCCCCCCCCC/C=C/C(O)C(COC1OC(CO)C(OC2OC(CO)C(OC3OC(CO)C(O)C(O)C3O)C(O)C2O)C(O)C1O)NC(=O)CCCCCCCCCCCCCCCCCCCCCCCCCCCCC. The van der Waals surface area contributed by atoms with E-state index in [0.717, 1.165) is 44.9 Å². The Kier molecular flexibility index (Phi) is 45.1. The molecule has 502 valence electrons. The molecule has 0 radical (unpaired) electrons. The molecule has 0 bridgehead atoms. The molecule has 3 aliphatic rings. The summed E-state index contributed by atoms with van der Waals surface area (Å²) in [6.45, 7) is 1.75. The zero-order valence-electron chi connectivity index (χ0n) is 52.9. The van der Waals surface area contributed by atoms with Gasteiger partial charge in [0.2, 0.25) is 5.91 Å². The van der Waals surface area contributed by atoms with Gasteiger partial charge in [-0.05, 0) is 19.3 Å². The second kappa shape index (κ2) is 49.3. The first-order valence-corrected chi connectivity index (χ1v) is 34.4. The number of unbranched alkanes of at least 4 members (excludes halogenated alkanes) is 37. The lowest BCUT2D eigenvalue weighted by Gasteiger charge is -2.48. The summed E-state index contributed by atoms with van der Waals surface area (Å²) in [6, 6.07) is -0.967. The number of amides is 1. The van der Waals surface area contributed by atoms with Crippen LogP contribution in [-0.4, -0.2) is 193 Å². The number of ether oxygens (including phenoxy) is 6. The van der Waals surface area contributed by atoms with Crippen molar-refractivity contribution in [3.63, 3.8) is 0 Å². The van der Waals surface area contributed by atoms with Crippen LogP contribution in [0, 0.1) is 0 Å². The zero-order valence-corrected chi connectivity index (χ0v) is 52.9. The maximum atomic E-state index is 13.4. The van der Waals surface area contributed by atoms with E-state index in [2.05, 4.69) is 19.2 Å². The van der Waals surface area contributed by atoms with E-state index in [-0.39, 0.29) is 18.9 Å². The van der Waals surface area contributed by atoms with Crippen molar-refractivity contribution < 1.29 is 89.4 Å². The number of allylic oxidation sites excluding steroid dienone is 1. The summed E-state index contributed by atoms with van der Waals surface area (Å²) in [6.07, 6.45) is 26.3. The summed E-state index contributed by atoms with van der Waals surface area (Å²) in [5.41, 5.74) is 0. The van der Waals surface area contributed by atoms with Crippen molar-refractivity contribution in [1.82, 2.24) is 5.32 Å². The molecule has 12 N–H and O–H groups in total. The van der Waals surface area contributed by atoms with Crippen LogP contribution in [-0.2, 0) is 33.2 Å². The van der Waals surface area contributed by atoms with Crippen LogP contribution in [0.3, 0.4) is 0 Å². The van der Waals surface area contributed by atoms with Gasteiger partial charge in [-0.1, -0.05) is 257 Å². The normalized spacial score (nSPS) is 29.0. The topological polar surface area (TPSA) is 307 Å². The fraction of sp³-hybridized carbons (Fsp3) is 0.955. The fourth-order valence-electron chi connectivity index (χ4n) is 12.0. The molecule has 0 aromatic heterocycles. The van der Waals surface area contributed by atoms with Crippen molar-refractivity contribution in [3.8, 4) is 0 Å². The number of hydrogen-bond donors (Lipinski definition) is 12. The lowest BCUT2D eigenvalue weighted by atomic mass is 9.96. The van der Waals surface area contributed by atoms with Gasteiger partial charge in [-0.25, -0.2) is 0 Å². The lowest BCUT2D eigenvalue weighted by molar-refractivity contribution is -0.379. The third-order valence-corrected chi connectivity index (χ3v) is 17.6. The van der Waals surface area contributed by atoms with Crippen LogP contribution in [0.15, 0.2) is 12.2 Å². The van der Waals surface area contributed by atoms with Gasteiger partial charge in [-0.15, -0.1) is 0 Å². The number of nitrogens with one attached hydrogen (secondary N) is 1. The van der Waals surface area contributed by atoms with Gasteiger partial charge in [-0.2, -0.15) is 0 Å². The van der Waals surface area contributed by atoms with Crippen molar-refractivity contribution in [2.24, 2.45) is 0 Å². The Morgan fingerprint density at radius 1 is 0.412 bits per heavy atom. The Balaban J connectivity index is 1.40. The Morgan fingerprint density at radius 3 is 1.11 bits per heavy atom. The van der Waals surface area contributed by atoms with Gasteiger partial charge in [0.1, 0.15) is 73.2 Å². The van der Waals surface area contributed by atoms with Crippen LogP contribution in [0.2, 0.25) is 0 Å². The minimum atomic E-state index is -1.97. The molecule has 3 saturated heterocycles. The molecule has 3 rings (SSSR count). The highest BCUT2D eigenvalue weighted by Crippen LogP contribution is 2.33. The molecule has 3 heterocycles. The third kappa shape index (κ3) is 31.9. The lowest BCUT2D eigenvalue weighted by Crippen LogP contribution is -2.66. The first-order valence-electron chi connectivity index (χ1n) is 34.4. The van der Waals surface area contributed by atoms with Crippen LogP contribution in [0.5, 0.6) is 0 Å². The molecule has 0 saturated carbocycles. The second-order valence-corrected chi connectivity index (χ2v) is 25.0. The minimum absolute atomic E-state index is 0.249. The van der Waals surface area contributed by atoms with E-state index in [1.54, 1.807) is 6.08 Å². The van der Waals surface area contributed by atoms with Crippen LogP contribution in [0.4, 0.5) is 0 Å². The van der Waals surface area contributed by atoms with Crippen LogP contribution in [0.25, 0.3) is 0 Å². The minimum Gasteiger partial charge on any atom is -0.394 e. The highest BCUT2D eigenvalue weighted by molar-refractivity contribution is 5.76. The van der Waals surface area contributed by atoms with Crippen molar-refractivity contribution in [2.75, 3.05) is 26.4 Å². The molecule has 1 amide bonds. The predicted molar refractivity (Wildman–Crippen MR) is 328 cm³/mol. The highest BCUT2D eigenvalue weighted by atomic mass is 16.8. The quantitative estimate of drug-likeness (QED) is 0.0201. The second-order valence-electron chi connectivity index (χ2n) is 25.0. The number of aliphatic hydroxyl groups is 11. The molecular formula is C66H125NO18. The maximum absolute atomic E-state index is 13.4. The third-order valence-electron chi connectivity index (χ3n) is 17.6. The average Bonchev–Trinajstić information content (AvgIpc) is 3.07. The van der Waals surface area contributed by atoms with E-state index < -0.39 is 124 Å². The van der Waals surface area contributed by atoms with E-state index in [1.165, 1.54) is 199 Å². The molecule has 0 aliphatic carbocycles. The molecule has 0 aromatic carbocycles. The maximum Gasteiger partial charge on any atom is 0.220 e. The summed E-state index contributed by atoms with van der Waals surface area (Å²) in [7, 11) is 0. The first-order chi connectivity index (χ1) is 41.3. The molecule has 3 fully saturated rings. The summed E-state index contributed by atoms with van der Waals surface area (Å²) in [4.78, 5) is 13.4. The van der Waals surface area contributed by atoms with E-state index in [0.29, 0.717) is 6.42 Å². The first kappa shape index (κ1) is 77.8. The van der Waals surface area contributed by atoms with Crippen LogP contribution < -0.4 is 5.32 Å². The molecular weight excluding hydrogens is 1090 g/mol. The Bertz CT molecular complexity index is 1600. The number of hydrogen-bond acceptors (Lipinski definition) is 18. The van der Waals surface area contributed by atoms with Gasteiger partial charge in [-0.3, -0.25) is 4.79 Å². The standard InChI is InChI=1S/C66H125NO18/c1-3-5-7-9-11-13-15-17-18-19-20-21-22-23-24-25-26-27-28-29-30-32-34-36-38-40-42-44-54(72)67-49(50(71)43-41-39-37-35-33-31-16-14-12-10-8-6-4-2)48-80-64-60(78)57(75)62(52(46-69)82-64)85-66-61(79)58(76)63(53(47-70)83-66)84-65-59(77)56(74)55(73)51(45-68)81-65/h41,43,49-53,55-66,68-71,73-79H,3-40,42,44-48H2,1-2H3,(H,67,72)/b43-41+. The average molecular weight is 1220 g/mol. The van der Waals surface area contributed by atoms with Crippen molar-refractivity contribution in [3.05, 3.63) is 12.2 Å². The summed E-state index contributed by atoms with van der Waals surface area (Å²) >= 11 is 0. The smallest absolute Gasteiger partial charge is 0.220 e. The number of rotatable bonds is 53. The monoisotopic (exact) mass is 1220 g/mol. The molecule has 19 nitrogen and oxygen atoms in total. The van der Waals surface area contributed by atoms with E-state index in [1.807, 2.05) is 6.08 Å². The van der Waals surface area contributed by atoms with E-state index >= 15 is 0 Å². The molecule has 0 spiro atoms. The molecule has 85 heavy (non-hydrogen) atoms. The van der Waals surface area contributed by atoms with Crippen LogP contribution in [0.1, 0.15) is 271 Å². The van der Waals surface area contributed by atoms with E-state index in [9.17, 15) is 61.0 Å². The predicted octanol–water partition coefficient (Wildman–Crippen LogP) is 8.50.